The van der Waals surface area contributed by atoms with Gasteiger partial charge in [-0.3, -0.25) is 9.59 Å². The predicted molar refractivity (Wildman–Crippen MR) is 95.0 cm³/mol. The van der Waals surface area contributed by atoms with E-state index in [1.807, 2.05) is 31.2 Å². The number of ether oxygens (including phenoxy) is 1. The predicted octanol–water partition coefficient (Wildman–Crippen LogP) is 3.26. The van der Waals surface area contributed by atoms with Crippen LogP contribution >= 0.6 is 36.6 Å². The number of aromatic nitrogens is 1. The summed E-state index contributed by atoms with van der Waals surface area (Å²) in [5.41, 5.74) is -0.273. The van der Waals surface area contributed by atoms with Gasteiger partial charge in [-0.05, 0) is 25.5 Å². The summed E-state index contributed by atoms with van der Waals surface area (Å²) in [6.45, 7) is 2.79. The molecule has 0 saturated heterocycles. The average Bonchev–Trinajstić information content (AvgIpc) is 2.89. The van der Waals surface area contributed by atoms with Crippen molar-refractivity contribution in [2.24, 2.45) is 0 Å². The van der Waals surface area contributed by atoms with Crippen molar-refractivity contribution in [3.05, 3.63) is 29.3 Å². The SMILES string of the molecule is CCOCCC(CC(=O)S)(C(=O)S)c1nc2ccccc2s1. The summed E-state index contributed by atoms with van der Waals surface area (Å²) in [4.78, 5) is 28.4. The highest BCUT2D eigenvalue weighted by atomic mass is 32.1. The molecular weight excluding hydrogens is 338 g/mol. The molecule has 7 heteroatoms. The normalized spacial score (nSPS) is 14.0. The molecule has 4 nitrogen and oxygen atoms in total. The number of carbonyl (C=O) groups is 2. The summed E-state index contributed by atoms with van der Waals surface area (Å²) < 4.78 is 6.34. The number of thiazole rings is 1. The molecule has 0 bridgehead atoms. The Labute approximate surface area is 144 Å². The number of rotatable bonds is 8. The third-order valence-corrected chi connectivity index (χ3v) is 5.27. The molecule has 118 valence electrons. The molecule has 0 radical (unpaired) electrons. The maximum Gasteiger partial charge on any atom is 0.199 e. The molecule has 0 N–H and O–H groups in total. The smallest absolute Gasteiger partial charge is 0.199 e. The molecule has 1 heterocycles. The molecule has 0 saturated carbocycles. The van der Waals surface area contributed by atoms with E-state index in [0.29, 0.717) is 24.6 Å². The fourth-order valence-corrected chi connectivity index (χ4v) is 4.09. The van der Waals surface area contributed by atoms with Crippen molar-refractivity contribution in [1.29, 1.82) is 0 Å². The van der Waals surface area contributed by atoms with E-state index in [4.69, 9.17) is 4.74 Å². The van der Waals surface area contributed by atoms with Gasteiger partial charge in [-0.15, -0.1) is 36.6 Å². The topological polar surface area (TPSA) is 56.3 Å². The van der Waals surface area contributed by atoms with Gasteiger partial charge in [-0.25, -0.2) is 4.98 Å². The Bertz CT molecular complexity index is 652. The Morgan fingerprint density at radius 1 is 1.32 bits per heavy atom. The fourth-order valence-electron chi connectivity index (χ4n) is 2.27. The van der Waals surface area contributed by atoms with Gasteiger partial charge in [-0.1, -0.05) is 12.1 Å². The number of thiol groups is 2. The lowest BCUT2D eigenvalue weighted by Crippen LogP contribution is -2.36. The first-order valence-corrected chi connectivity index (χ1v) is 8.59. The molecule has 0 fully saturated rings. The summed E-state index contributed by atoms with van der Waals surface area (Å²) in [6.07, 6.45) is 0.320. The first-order chi connectivity index (χ1) is 10.5. The third kappa shape index (κ3) is 3.71. The first-order valence-electron chi connectivity index (χ1n) is 6.88. The van der Waals surface area contributed by atoms with E-state index >= 15 is 0 Å². The highest BCUT2D eigenvalue weighted by molar-refractivity contribution is 7.97. The van der Waals surface area contributed by atoms with Crippen molar-refractivity contribution in [3.8, 4) is 0 Å². The second kappa shape index (κ2) is 7.59. The van der Waals surface area contributed by atoms with E-state index in [9.17, 15) is 9.59 Å². The van der Waals surface area contributed by atoms with Crippen LogP contribution in [0, 0.1) is 0 Å². The van der Waals surface area contributed by atoms with Crippen LogP contribution in [-0.2, 0) is 19.7 Å². The number of fused-ring (bicyclic) bond motifs is 1. The zero-order valence-corrected chi connectivity index (χ0v) is 14.7. The maximum atomic E-state index is 12.3. The van der Waals surface area contributed by atoms with Crippen molar-refractivity contribution in [2.45, 2.75) is 25.2 Å². The quantitative estimate of drug-likeness (QED) is 0.564. The van der Waals surface area contributed by atoms with Gasteiger partial charge in [0.25, 0.3) is 0 Å². The number of benzene rings is 1. The van der Waals surface area contributed by atoms with Gasteiger partial charge >= 0.3 is 0 Å². The lowest BCUT2D eigenvalue weighted by molar-refractivity contribution is -0.121. The summed E-state index contributed by atoms with van der Waals surface area (Å²) in [5.74, 6) is 0. The van der Waals surface area contributed by atoms with Gasteiger partial charge in [0.15, 0.2) is 10.2 Å². The molecule has 0 aliphatic rings. The number of carbonyl (C=O) groups excluding carboxylic acids is 2. The standard InChI is InChI=1S/C15H17NO3S3/c1-2-19-8-7-15(14(18)21,9-12(17)20)13-16-10-5-3-4-6-11(10)22-13/h3-6H,2,7-9H2,1H3,(H,17,20)(H,18,21). The van der Waals surface area contributed by atoms with Gasteiger partial charge in [0.1, 0.15) is 10.4 Å². The van der Waals surface area contributed by atoms with Crippen molar-refractivity contribution in [2.75, 3.05) is 13.2 Å². The number of hydrogen-bond donors (Lipinski definition) is 2. The van der Waals surface area contributed by atoms with Crippen molar-refractivity contribution < 1.29 is 14.3 Å². The minimum Gasteiger partial charge on any atom is -0.382 e. The molecule has 1 aromatic heterocycles. The molecular formula is C15H17NO3S3. The van der Waals surface area contributed by atoms with Crippen LogP contribution in [0.5, 0.6) is 0 Å². The Morgan fingerprint density at radius 2 is 2.05 bits per heavy atom. The number of para-hydroxylation sites is 1. The Morgan fingerprint density at radius 3 is 2.64 bits per heavy atom. The van der Waals surface area contributed by atoms with E-state index in [2.05, 4.69) is 30.2 Å². The maximum absolute atomic E-state index is 12.3. The monoisotopic (exact) mass is 355 g/mol. The molecule has 0 aliphatic heterocycles. The summed E-state index contributed by atoms with van der Waals surface area (Å²) in [7, 11) is 0. The number of nitrogens with zero attached hydrogens (tertiary/aromatic N) is 1. The van der Waals surface area contributed by atoms with Crippen LogP contribution in [0.4, 0.5) is 0 Å². The van der Waals surface area contributed by atoms with Crippen LogP contribution < -0.4 is 0 Å². The molecule has 1 aromatic carbocycles. The highest BCUT2D eigenvalue weighted by Crippen LogP contribution is 2.39. The Balaban J connectivity index is 2.48. The molecule has 1 unspecified atom stereocenters. The lowest BCUT2D eigenvalue weighted by atomic mass is 9.83. The molecule has 2 rings (SSSR count). The highest BCUT2D eigenvalue weighted by Gasteiger charge is 2.42. The van der Waals surface area contributed by atoms with E-state index in [1.54, 1.807) is 0 Å². The number of hydrogen-bond acceptors (Lipinski definition) is 5. The zero-order chi connectivity index (χ0) is 16.2. The van der Waals surface area contributed by atoms with E-state index < -0.39 is 5.41 Å². The van der Waals surface area contributed by atoms with Gasteiger partial charge in [0, 0.05) is 19.6 Å². The second-order valence-corrected chi connectivity index (χ2v) is 6.83. The van der Waals surface area contributed by atoms with Crippen LogP contribution in [0.25, 0.3) is 10.2 Å². The fraction of sp³-hybridized carbons (Fsp3) is 0.400. The van der Waals surface area contributed by atoms with Crippen molar-refractivity contribution >= 4 is 57.0 Å². The molecule has 0 spiro atoms. The summed E-state index contributed by atoms with van der Waals surface area (Å²) in [5, 5.41) is -0.150. The summed E-state index contributed by atoms with van der Waals surface area (Å²) in [6, 6.07) is 7.63. The lowest BCUT2D eigenvalue weighted by Gasteiger charge is -2.27. The first kappa shape index (κ1) is 17.5. The molecule has 0 amide bonds. The van der Waals surface area contributed by atoms with Gasteiger partial charge in [-0.2, -0.15) is 0 Å². The largest absolute Gasteiger partial charge is 0.382 e. The summed E-state index contributed by atoms with van der Waals surface area (Å²) >= 11 is 9.30. The zero-order valence-electron chi connectivity index (χ0n) is 12.1. The molecule has 1 atom stereocenters. The third-order valence-electron chi connectivity index (χ3n) is 3.44. The molecule has 2 aromatic rings. The van der Waals surface area contributed by atoms with E-state index in [-0.39, 0.29) is 16.7 Å². The van der Waals surface area contributed by atoms with Gasteiger partial charge in [0.2, 0.25) is 0 Å². The van der Waals surface area contributed by atoms with Crippen molar-refractivity contribution in [1.82, 2.24) is 4.98 Å². The van der Waals surface area contributed by atoms with Crippen LogP contribution in [0.15, 0.2) is 24.3 Å². The van der Waals surface area contributed by atoms with Crippen molar-refractivity contribution in [3.63, 3.8) is 0 Å². The van der Waals surface area contributed by atoms with Crippen LogP contribution in [0.3, 0.4) is 0 Å². The van der Waals surface area contributed by atoms with Gasteiger partial charge in [0.05, 0.1) is 10.2 Å². The van der Waals surface area contributed by atoms with E-state index in [1.165, 1.54) is 11.3 Å². The second-order valence-electron chi connectivity index (χ2n) is 4.89. The minimum absolute atomic E-state index is 0.0364. The Kier molecular flexibility index (Phi) is 6.02. The van der Waals surface area contributed by atoms with Gasteiger partial charge < -0.3 is 4.74 Å². The van der Waals surface area contributed by atoms with Crippen LogP contribution in [-0.4, -0.2) is 28.4 Å². The Hall–Kier alpha value is -0.890. The van der Waals surface area contributed by atoms with Crippen LogP contribution in [0.1, 0.15) is 24.8 Å². The molecule has 0 aliphatic carbocycles. The molecule has 22 heavy (non-hydrogen) atoms. The van der Waals surface area contributed by atoms with Crippen LogP contribution in [0.2, 0.25) is 0 Å². The average molecular weight is 356 g/mol. The van der Waals surface area contributed by atoms with E-state index in [0.717, 1.165) is 10.2 Å². The minimum atomic E-state index is -1.08.